The smallest absolute Gasteiger partial charge is 0.263 e. The number of pyridine rings is 1. The summed E-state index contributed by atoms with van der Waals surface area (Å²) in [5.41, 5.74) is 5.72. The Bertz CT molecular complexity index is 1350. The molecule has 2 aliphatic heterocycles. The summed E-state index contributed by atoms with van der Waals surface area (Å²) in [5.74, 6) is -1.91. The molecule has 3 N–H and O–H groups in total. The van der Waals surface area contributed by atoms with Crippen LogP contribution in [0.25, 0.3) is 5.65 Å². The summed E-state index contributed by atoms with van der Waals surface area (Å²) in [6.45, 7) is 5.94. The highest BCUT2D eigenvalue weighted by Gasteiger charge is 2.41. The maximum Gasteiger partial charge on any atom is 0.263 e. The summed E-state index contributed by atoms with van der Waals surface area (Å²) in [6, 6.07) is 0. The monoisotopic (exact) mass is 513 g/mol. The van der Waals surface area contributed by atoms with Gasteiger partial charge < -0.3 is 25.8 Å². The second-order valence-electron chi connectivity index (χ2n) is 9.92. The Kier molecular flexibility index (Phi) is 6.40. The molecule has 0 aromatic carbocycles. The number of carbonyl (C=O) groups is 2. The van der Waals surface area contributed by atoms with E-state index >= 15 is 4.39 Å². The zero-order valence-corrected chi connectivity index (χ0v) is 20.7. The number of piperazine rings is 1. The van der Waals surface area contributed by atoms with Gasteiger partial charge in [-0.3, -0.25) is 14.6 Å². The Hall–Kier alpha value is -3.87. The first kappa shape index (κ1) is 24.8. The molecule has 11 nitrogen and oxygen atoms in total. The van der Waals surface area contributed by atoms with Crippen LogP contribution in [0, 0.1) is 17.0 Å². The van der Waals surface area contributed by atoms with Gasteiger partial charge in [0.1, 0.15) is 11.3 Å². The van der Waals surface area contributed by atoms with Crippen molar-refractivity contribution in [3.05, 3.63) is 42.0 Å². The number of nitrogen functional groups attached to an aromatic ring is 1. The highest BCUT2D eigenvalue weighted by molar-refractivity contribution is 6.12. The number of carbonyl (C=O) groups excluding carboxylic acids is 2. The lowest BCUT2D eigenvalue weighted by Gasteiger charge is -2.43. The molecule has 2 fully saturated rings. The standard InChI is InChI=1S/C24H29F2N9O2/c1-24(23(37)34-9-7-32(2)8-10-34)3-5-33(6-4-24)19-16(26)12-28-13-17(19)30-22(36)18-20(27)31-35-14-15(25)11-29-21(18)35/h11-14H,3-10H2,1-2H3,(H2,27,31)(H,30,36). The average Bonchev–Trinajstić information content (AvgIpc) is 3.20. The van der Waals surface area contributed by atoms with E-state index in [2.05, 4.69) is 25.3 Å². The Balaban J connectivity index is 1.34. The predicted octanol–water partition coefficient (Wildman–Crippen LogP) is 1.62. The molecule has 3 aromatic heterocycles. The van der Waals surface area contributed by atoms with Crippen LogP contribution in [0.1, 0.15) is 30.1 Å². The number of halogens is 2. The molecule has 0 unspecified atom stereocenters. The normalized spacial score (nSPS) is 18.3. The van der Waals surface area contributed by atoms with Crippen LogP contribution in [0.3, 0.4) is 0 Å². The fourth-order valence-electron chi connectivity index (χ4n) is 5.00. The largest absolute Gasteiger partial charge is 0.381 e. The number of piperidine rings is 1. The van der Waals surface area contributed by atoms with E-state index in [1.165, 1.54) is 6.20 Å². The molecule has 0 atom stereocenters. The van der Waals surface area contributed by atoms with Crippen LogP contribution < -0.4 is 16.0 Å². The molecule has 2 amide bonds. The molecule has 37 heavy (non-hydrogen) atoms. The number of nitrogens with two attached hydrogens (primary N) is 1. The van der Waals surface area contributed by atoms with Crippen molar-refractivity contribution < 1.29 is 18.4 Å². The number of aromatic nitrogens is 4. The SMILES string of the molecule is CN1CCN(C(=O)C2(C)CCN(c3c(F)cncc3NC(=O)c3c(N)nn4cc(F)cnc34)CC2)CC1. The van der Waals surface area contributed by atoms with E-state index in [1.54, 1.807) is 0 Å². The summed E-state index contributed by atoms with van der Waals surface area (Å²) in [7, 11) is 2.04. The third-order valence-corrected chi connectivity index (χ3v) is 7.31. The lowest BCUT2D eigenvalue weighted by atomic mass is 9.78. The quantitative estimate of drug-likeness (QED) is 0.539. The second kappa shape index (κ2) is 9.54. The van der Waals surface area contributed by atoms with Gasteiger partial charge in [0.15, 0.2) is 23.1 Å². The van der Waals surface area contributed by atoms with Crippen molar-refractivity contribution in [3.63, 3.8) is 0 Å². The van der Waals surface area contributed by atoms with Gasteiger partial charge in [0.05, 0.1) is 30.5 Å². The van der Waals surface area contributed by atoms with E-state index in [4.69, 9.17) is 5.73 Å². The molecule has 5 rings (SSSR count). The summed E-state index contributed by atoms with van der Waals surface area (Å²) in [4.78, 5) is 40.2. The predicted molar refractivity (Wildman–Crippen MR) is 133 cm³/mol. The van der Waals surface area contributed by atoms with Crippen LogP contribution in [0.5, 0.6) is 0 Å². The van der Waals surface area contributed by atoms with Gasteiger partial charge in [-0.25, -0.2) is 18.3 Å². The van der Waals surface area contributed by atoms with Crippen molar-refractivity contribution >= 4 is 34.7 Å². The third-order valence-electron chi connectivity index (χ3n) is 7.31. The first-order valence-corrected chi connectivity index (χ1v) is 12.1. The summed E-state index contributed by atoms with van der Waals surface area (Å²) in [5, 5.41) is 6.60. The molecule has 5 heterocycles. The molecule has 0 radical (unpaired) electrons. The number of likely N-dealkylation sites (N-methyl/N-ethyl adjacent to an activating group) is 1. The molecular weight excluding hydrogens is 484 g/mol. The van der Waals surface area contributed by atoms with E-state index in [9.17, 15) is 14.0 Å². The van der Waals surface area contributed by atoms with Gasteiger partial charge in [-0.2, -0.15) is 0 Å². The van der Waals surface area contributed by atoms with Crippen LogP contribution in [0.4, 0.5) is 26.0 Å². The highest BCUT2D eigenvalue weighted by atomic mass is 19.1. The van der Waals surface area contributed by atoms with E-state index in [1.807, 2.05) is 23.8 Å². The Morgan fingerprint density at radius 3 is 2.46 bits per heavy atom. The van der Waals surface area contributed by atoms with E-state index in [0.29, 0.717) is 39.0 Å². The zero-order valence-electron chi connectivity index (χ0n) is 20.7. The molecule has 2 aliphatic rings. The summed E-state index contributed by atoms with van der Waals surface area (Å²) >= 11 is 0. The minimum absolute atomic E-state index is 0.0563. The van der Waals surface area contributed by atoms with Gasteiger partial charge >= 0.3 is 0 Å². The van der Waals surface area contributed by atoms with Crippen molar-refractivity contribution in [1.29, 1.82) is 0 Å². The van der Waals surface area contributed by atoms with Crippen LogP contribution in [0.15, 0.2) is 24.8 Å². The maximum atomic E-state index is 15.1. The van der Waals surface area contributed by atoms with Crippen LogP contribution in [0.2, 0.25) is 0 Å². The first-order chi connectivity index (χ1) is 17.7. The van der Waals surface area contributed by atoms with E-state index in [-0.39, 0.29) is 34.3 Å². The van der Waals surface area contributed by atoms with Crippen molar-refractivity contribution in [1.82, 2.24) is 29.4 Å². The molecule has 13 heteroatoms. The topological polar surface area (TPSA) is 125 Å². The molecule has 0 bridgehead atoms. The highest BCUT2D eigenvalue weighted by Crippen LogP contribution is 2.38. The number of fused-ring (bicyclic) bond motifs is 1. The fourth-order valence-corrected chi connectivity index (χ4v) is 5.00. The van der Waals surface area contributed by atoms with Crippen molar-refractivity contribution in [2.45, 2.75) is 19.8 Å². The number of hydrogen-bond acceptors (Lipinski definition) is 8. The Morgan fingerprint density at radius 2 is 1.76 bits per heavy atom. The van der Waals surface area contributed by atoms with Crippen molar-refractivity contribution in [3.8, 4) is 0 Å². The number of rotatable bonds is 4. The molecular formula is C24H29F2N9O2. The molecule has 0 saturated carbocycles. The fraction of sp³-hybridized carbons (Fsp3) is 0.458. The lowest BCUT2D eigenvalue weighted by molar-refractivity contribution is -0.144. The van der Waals surface area contributed by atoms with Crippen LogP contribution in [-0.2, 0) is 4.79 Å². The van der Waals surface area contributed by atoms with E-state index in [0.717, 1.165) is 36.2 Å². The van der Waals surface area contributed by atoms with Gasteiger partial charge in [-0.15, -0.1) is 5.10 Å². The minimum Gasteiger partial charge on any atom is -0.381 e. The number of hydrogen-bond donors (Lipinski definition) is 2. The molecule has 0 aliphatic carbocycles. The van der Waals surface area contributed by atoms with Gasteiger partial charge in [-0.1, -0.05) is 6.92 Å². The summed E-state index contributed by atoms with van der Waals surface area (Å²) < 4.78 is 29.6. The van der Waals surface area contributed by atoms with Gasteiger partial charge in [-0.05, 0) is 19.9 Å². The van der Waals surface area contributed by atoms with Crippen LogP contribution >= 0.6 is 0 Å². The molecule has 196 valence electrons. The number of anilines is 3. The number of nitrogens with one attached hydrogen (secondary N) is 1. The number of amides is 2. The molecule has 2 saturated heterocycles. The maximum absolute atomic E-state index is 15.1. The Labute approximate surface area is 212 Å². The first-order valence-electron chi connectivity index (χ1n) is 12.1. The summed E-state index contributed by atoms with van der Waals surface area (Å²) in [6.07, 6.45) is 5.54. The van der Waals surface area contributed by atoms with Crippen LogP contribution in [-0.4, -0.2) is 87.5 Å². The molecule has 3 aromatic rings. The lowest BCUT2D eigenvalue weighted by Crippen LogP contribution is -2.54. The number of nitrogens with zero attached hydrogens (tertiary/aromatic N) is 7. The Morgan fingerprint density at radius 1 is 1.05 bits per heavy atom. The minimum atomic E-state index is -0.674. The van der Waals surface area contributed by atoms with E-state index < -0.39 is 23.0 Å². The van der Waals surface area contributed by atoms with Gasteiger partial charge in [0.25, 0.3) is 5.91 Å². The van der Waals surface area contributed by atoms with Crippen molar-refractivity contribution in [2.24, 2.45) is 5.41 Å². The van der Waals surface area contributed by atoms with Gasteiger partial charge in [0, 0.05) is 44.7 Å². The zero-order chi connectivity index (χ0) is 26.3. The van der Waals surface area contributed by atoms with Gasteiger partial charge in [0.2, 0.25) is 5.91 Å². The second-order valence-corrected chi connectivity index (χ2v) is 9.92. The molecule has 0 spiro atoms. The average molecular weight is 514 g/mol. The van der Waals surface area contributed by atoms with Crippen molar-refractivity contribution in [2.75, 3.05) is 62.3 Å². The third kappa shape index (κ3) is 4.66.